The SMILES string of the molecule is CC(C)CCCN(S)CC(C)C. The van der Waals surface area contributed by atoms with Crippen LogP contribution in [0.3, 0.4) is 0 Å². The summed E-state index contributed by atoms with van der Waals surface area (Å²) in [6, 6.07) is 0. The Morgan fingerprint density at radius 3 is 2.08 bits per heavy atom. The molecule has 0 saturated carbocycles. The summed E-state index contributed by atoms with van der Waals surface area (Å²) in [4.78, 5) is 0. The zero-order chi connectivity index (χ0) is 9.56. The van der Waals surface area contributed by atoms with Crippen molar-refractivity contribution < 1.29 is 0 Å². The summed E-state index contributed by atoms with van der Waals surface area (Å²) in [6.45, 7) is 11.2. The average Bonchev–Trinajstić information content (AvgIpc) is 1.84. The monoisotopic (exact) mass is 189 g/mol. The second-order valence-electron chi connectivity index (χ2n) is 4.34. The molecule has 0 bridgehead atoms. The minimum atomic E-state index is 0.724. The van der Waals surface area contributed by atoms with Crippen LogP contribution in [-0.2, 0) is 0 Å². The molecular formula is C10H23NS. The van der Waals surface area contributed by atoms with E-state index in [0.717, 1.165) is 24.9 Å². The molecule has 0 amide bonds. The molecule has 0 N–H and O–H groups in total. The normalized spacial score (nSPS) is 12.0. The zero-order valence-electron chi connectivity index (χ0n) is 8.88. The zero-order valence-corrected chi connectivity index (χ0v) is 9.77. The third kappa shape index (κ3) is 8.41. The van der Waals surface area contributed by atoms with Crippen LogP contribution in [0.1, 0.15) is 40.5 Å². The maximum Gasteiger partial charge on any atom is 0.0110 e. The first-order valence-electron chi connectivity index (χ1n) is 4.96. The Morgan fingerprint density at radius 2 is 1.67 bits per heavy atom. The first-order chi connectivity index (χ1) is 5.52. The maximum atomic E-state index is 4.41. The van der Waals surface area contributed by atoms with E-state index in [1.54, 1.807) is 0 Å². The summed E-state index contributed by atoms with van der Waals surface area (Å²) in [5.74, 6) is 1.55. The minimum absolute atomic E-state index is 0.724. The van der Waals surface area contributed by atoms with Gasteiger partial charge in [-0.15, -0.1) is 0 Å². The lowest BCUT2D eigenvalue weighted by Crippen LogP contribution is -2.19. The van der Waals surface area contributed by atoms with Crippen molar-refractivity contribution in [3.63, 3.8) is 0 Å². The van der Waals surface area contributed by atoms with Crippen molar-refractivity contribution in [2.45, 2.75) is 40.5 Å². The van der Waals surface area contributed by atoms with Crippen molar-refractivity contribution in [2.75, 3.05) is 13.1 Å². The predicted octanol–water partition coefficient (Wildman–Crippen LogP) is 3.23. The van der Waals surface area contributed by atoms with E-state index >= 15 is 0 Å². The summed E-state index contributed by atoms with van der Waals surface area (Å²) in [7, 11) is 0. The first kappa shape index (κ1) is 12.3. The summed E-state index contributed by atoms with van der Waals surface area (Å²) in [5.41, 5.74) is 0. The molecule has 0 radical (unpaired) electrons. The van der Waals surface area contributed by atoms with Crippen LogP contribution < -0.4 is 0 Å². The molecule has 0 fully saturated rings. The number of thiol groups is 1. The van der Waals surface area contributed by atoms with Gasteiger partial charge in [-0.3, -0.25) is 4.31 Å². The Labute approximate surface area is 83.1 Å². The second-order valence-corrected chi connectivity index (χ2v) is 4.91. The van der Waals surface area contributed by atoms with Gasteiger partial charge in [0.05, 0.1) is 0 Å². The molecule has 74 valence electrons. The standard InChI is InChI=1S/C10H23NS/c1-9(2)6-5-7-11(12)8-10(3)4/h9-10,12H,5-8H2,1-4H3. The van der Waals surface area contributed by atoms with E-state index in [2.05, 4.69) is 44.8 Å². The van der Waals surface area contributed by atoms with E-state index in [1.165, 1.54) is 12.8 Å². The summed E-state index contributed by atoms with van der Waals surface area (Å²) < 4.78 is 2.13. The average molecular weight is 189 g/mol. The Morgan fingerprint density at radius 1 is 1.08 bits per heavy atom. The van der Waals surface area contributed by atoms with E-state index in [0.29, 0.717) is 0 Å². The Hall–Kier alpha value is 0.310. The highest BCUT2D eigenvalue weighted by atomic mass is 32.1. The molecule has 0 rings (SSSR count). The highest BCUT2D eigenvalue weighted by Gasteiger charge is 2.02. The summed E-state index contributed by atoms with van der Waals surface area (Å²) >= 11 is 4.41. The van der Waals surface area contributed by atoms with Crippen LogP contribution in [0.25, 0.3) is 0 Å². The molecule has 12 heavy (non-hydrogen) atoms. The lowest BCUT2D eigenvalue weighted by atomic mass is 10.1. The molecule has 1 nitrogen and oxygen atoms in total. The van der Waals surface area contributed by atoms with Gasteiger partial charge in [0.15, 0.2) is 0 Å². The van der Waals surface area contributed by atoms with Crippen molar-refractivity contribution >= 4 is 12.8 Å². The number of nitrogens with zero attached hydrogens (tertiary/aromatic N) is 1. The van der Waals surface area contributed by atoms with E-state index in [9.17, 15) is 0 Å². The highest BCUT2D eigenvalue weighted by molar-refractivity contribution is 7.77. The molecule has 0 aromatic rings. The van der Waals surface area contributed by atoms with Crippen LogP contribution in [0.15, 0.2) is 0 Å². The highest BCUT2D eigenvalue weighted by Crippen LogP contribution is 2.07. The van der Waals surface area contributed by atoms with Crippen molar-refractivity contribution in [3.05, 3.63) is 0 Å². The van der Waals surface area contributed by atoms with Gasteiger partial charge in [-0.2, -0.15) is 0 Å². The first-order valence-corrected chi connectivity index (χ1v) is 5.36. The quantitative estimate of drug-likeness (QED) is 0.628. The second kappa shape index (κ2) is 6.79. The van der Waals surface area contributed by atoms with E-state index in [4.69, 9.17) is 0 Å². The summed E-state index contributed by atoms with van der Waals surface area (Å²) in [6.07, 6.45) is 2.59. The van der Waals surface area contributed by atoms with Gasteiger partial charge < -0.3 is 0 Å². The molecule has 0 saturated heterocycles. The van der Waals surface area contributed by atoms with Gasteiger partial charge in [0.25, 0.3) is 0 Å². The van der Waals surface area contributed by atoms with Crippen LogP contribution in [0.4, 0.5) is 0 Å². The van der Waals surface area contributed by atoms with E-state index in [-0.39, 0.29) is 0 Å². The van der Waals surface area contributed by atoms with Gasteiger partial charge in [0.2, 0.25) is 0 Å². The number of hydrogen-bond donors (Lipinski definition) is 1. The fourth-order valence-electron chi connectivity index (χ4n) is 1.19. The third-order valence-electron chi connectivity index (χ3n) is 1.77. The lowest BCUT2D eigenvalue weighted by Gasteiger charge is -2.17. The number of rotatable bonds is 6. The number of hydrogen-bond acceptors (Lipinski definition) is 2. The lowest BCUT2D eigenvalue weighted by molar-refractivity contribution is 0.387. The van der Waals surface area contributed by atoms with Crippen LogP contribution in [0.5, 0.6) is 0 Å². The molecule has 0 atom stereocenters. The maximum absolute atomic E-state index is 4.41. The van der Waals surface area contributed by atoms with Gasteiger partial charge in [-0.25, -0.2) is 0 Å². The molecule has 0 aliphatic rings. The fraction of sp³-hybridized carbons (Fsp3) is 1.00. The van der Waals surface area contributed by atoms with Crippen LogP contribution in [-0.4, -0.2) is 17.4 Å². The minimum Gasteiger partial charge on any atom is -0.253 e. The Kier molecular flexibility index (Phi) is 6.96. The Balaban J connectivity index is 3.25. The van der Waals surface area contributed by atoms with Gasteiger partial charge in [-0.1, -0.05) is 40.5 Å². The smallest absolute Gasteiger partial charge is 0.0110 e. The third-order valence-corrected chi connectivity index (χ3v) is 2.14. The van der Waals surface area contributed by atoms with Crippen molar-refractivity contribution in [3.8, 4) is 0 Å². The largest absolute Gasteiger partial charge is 0.253 e. The molecule has 0 aromatic carbocycles. The molecule has 2 heteroatoms. The fourth-order valence-corrected chi connectivity index (χ4v) is 1.66. The summed E-state index contributed by atoms with van der Waals surface area (Å²) in [5, 5.41) is 0. The molecule has 0 aliphatic heterocycles. The molecule has 0 unspecified atom stereocenters. The Bertz CT molecular complexity index is 102. The van der Waals surface area contributed by atoms with Crippen molar-refractivity contribution in [1.82, 2.24) is 4.31 Å². The van der Waals surface area contributed by atoms with E-state index in [1.807, 2.05) is 0 Å². The van der Waals surface area contributed by atoms with Crippen LogP contribution in [0.2, 0.25) is 0 Å². The molecule has 0 aromatic heterocycles. The van der Waals surface area contributed by atoms with Crippen LogP contribution >= 0.6 is 12.8 Å². The van der Waals surface area contributed by atoms with Crippen molar-refractivity contribution in [2.24, 2.45) is 11.8 Å². The van der Waals surface area contributed by atoms with E-state index < -0.39 is 0 Å². The van der Waals surface area contributed by atoms with Crippen molar-refractivity contribution in [1.29, 1.82) is 0 Å². The molecule has 0 heterocycles. The van der Waals surface area contributed by atoms with Gasteiger partial charge in [-0.05, 0) is 24.7 Å². The van der Waals surface area contributed by atoms with Gasteiger partial charge in [0.1, 0.15) is 0 Å². The molecular weight excluding hydrogens is 166 g/mol. The van der Waals surface area contributed by atoms with Crippen LogP contribution in [0, 0.1) is 11.8 Å². The molecule has 0 aliphatic carbocycles. The topological polar surface area (TPSA) is 3.24 Å². The molecule has 0 spiro atoms. The predicted molar refractivity (Wildman–Crippen MR) is 59.5 cm³/mol. The van der Waals surface area contributed by atoms with Gasteiger partial charge >= 0.3 is 0 Å². The van der Waals surface area contributed by atoms with Gasteiger partial charge in [0, 0.05) is 13.1 Å².